The third kappa shape index (κ3) is 2.96. The van der Waals surface area contributed by atoms with E-state index < -0.39 is 0 Å². The smallest absolute Gasteiger partial charge is 0.265 e. The molecular weight excluding hydrogens is 284 g/mol. The molecular formula is C12H17BrN2O2. The maximum Gasteiger partial charge on any atom is 0.265 e. The topological polar surface area (TPSA) is 55.0 Å². The lowest BCUT2D eigenvalue weighted by Crippen LogP contribution is -2.18. The van der Waals surface area contributed by atoms with Crippen molar-refractivity contribution in [1.82, 2.24) is 9.97 Å². The van der Waals surface area contributed by atoms with Gasteiger partial charge in [-0.25, -0.2) is 4.98 Å². The second-order valence-electron chi connectivity index (χ2n) is 4.80. The summed E-state index contributed by atoms with van der Waals surface area (Å²) in [5.41, 5.74) is 0.750. The number of nitrogens with one attached hydrogen (secondary N) is 1. The van der Waals surface area contributed by atoms with Crippen LogP contribution >= 0.6 is 15.9 Å². The van der Waals surface area contributed by atoms with E-state index in [1.807, 2.05) is 13.8 Å². The van der Waals surface area contributed by atoms with Crippen LogP contribution in [-0.4, -0.2) is 23.2 Å². The number of ether oxygens (including phenoxy) is 1. The molecule has 5 heteroatoms. The first kappa shape index (κ1) is 12.8. The van der Waals surface area contributed by atoms with Crippen molar-refractivity contribution in [3.63, 3.8) is 0 Å². The summed E-state index contributed by atoms with van der Waals surface area (Å²) in [6.07, 6.45) is 1.85. The lowest BCUT2D eigenvalue weighted by atomic mass is 10.0. The zero-order chi connectivity index (χ0) is 12.4. The summed E-state index contributed by atoms with van der Waals surface area (Å²) >= 11 is 3.30. The molecule has 1 aliphatic rings. The third-order valence-electron chi connectivity index (χ3n) is 2.99. The molecule has 1 aromatic heterocycles. The van der Waals surface area contributed by atoms with Gasteiger partial charge in [0.1, 0.15) is 10.3 Å². The molecule has 0 amide bonds. The van der Waals surface area contributed by atoms with E-state index in [1.165, 1.54) is 0 Å². The highest BCUT2D eigenvalue weighted by Gasteiger charge is 2.19. The van der Waals surface area contributed by atoms with E-state index in [9.17, 15) is 4.79 Å². The summed E-state index contributed by atoms with van der Waals surface area (Å²) in [6.45, 7) is 5.67. The number of H-pyrrole nitrogens is 1. The molecule has 1 aromatic rings. The SMILES string of the molecule is CC(C)c1nc(CC2CCOC2)[nH]c(=O)c1Br. The van der Waals surface area contributed by atoms with Crippen LogP contribution in [0.2, 0.25) is 0 Å². The Morgan fingerprint density at radius 1 is 1.59 bits per heavy atom. The van der Waals surface area contributed by atoms with Crippen molar-refractivity contribution in [2.24, 2.45) is 5.92 Å². The van der Waals surface area contributed by atoms with Crippen molar-refractivity contribution < 1.29 is 4.74 Å². The van der Waals surface area contributed by atoms with Crippen molar-refractivity contribution in [1.29, 1.82) is 0 Å². The van der Waals surface area contributed by atoms with Gasteiger partial charge >= 0.3 is 0 Å². The van der Waals surface area contributed by atoms with E-state index in [0.717, 1.165) is 37.6 Å². The lowest BCUT2D eigenvalue weighted by Gasteiger charge is -2.11. The molecule has 0 aromatic carbocycles. The number of rotatable bonds is 3. The zero-order valence-electron chi connectivity index (χ0n) is 10.1. The zero-order valence-corrected chi connectivity index (χ0v) is 11.7. The van der Waals surface area contributed by atoms with Gasteiger partial charge in [0.15, 0.2) is 0 Å². The molecule has 0 radical (unpaired) electrons. The van der Waals surface area contributed by atoms with Gasteiger partial charge in [0.25, 0.3) is 5.56 Å². The first-order valence-corrected chi connectivity index (χ1v) is 6.73. The quantitative estimate of drug-likeness (QED) is 0.931. The molecule has 1 aliphatic heterocycles. The highest BCUT2D eigenvalue weighted by atomic mass is 79.9. The third-order valence-corrected chi connectivity index (χ3v) is 3.76. The van der Waals surface area contributed by atoms with Gasteiger partial charge in [0.05, 0.1) is 5.69 Å². The molecule has 0 spiro atoms. The fourth-order valence-corrected chi connectivity index (χ4v) is 2.67. The molecule has 2 rings (SSSR count). The predicted molar refractivity (Wildman–Crippen MR) is 69.3 cm³/mol. The van der Waals surface area contributed by atoms with Crippen molar-refractivity contribution in [3.8, 4) is 0 Å². The molecule has 1 fully saturated rings. The fourth-order valence-electron chi connectivity index (χ4n) is 2.02. The van der Waals surface area contributed by atoms with Crippen LogP contribution in [0.15, 0.2) is 9.27 Å². The molecule has 1 saturated heterocycles. The lowest BCUT2D eigenvalue weighted by molar-refractivity contribution is 0.185. The van der Waals surface area contributed by atoms with Gasteiger partial charge in [-0.05, 0) is 34.2 Å². The van der Waals surface area contributed by atoms with Gasteiger partial charge in [-0.15, -0.1) is 0 Å². The van der Waals surface area contributed by atoms with E-state index in [-0.39, 0.29) is 11.5 Å². The highest BCUT2D eigenvalue weighted by Crippen LogP contribution is 2.21. The Hall–Kier alpha value is -0.680. The Morgan fingerprint density at radius 3 is 2.94 bits per heavy atom. The van der Waals surface area contributed by atoms with Crippen molar-refractivity contribution in [3.05, 3.63) is 26.3 Å². The van der Waals surface area contributed by atoms with Gasteiger partial charge < -0.3 is 9.72 Å². The van der Waals surface area contributed by atoms with Gasteiger partial charge in [0.2, 0.25) is 0 Å². The van der Waals surface area contributed by atoms with Crippen LogP contribution in [0.5, 0.6) is 0 Å². The second kappa shape index (κ2) is 5.31. The van der Waals surface area contributed by atoms with Gasteiger partial charge in [0, 0.05) is 19.6 Å². The second-order valence-corrected chi connectivity index (χ2v) is 5.59. The van der Waals surface area contributed by atoms with Crippen LogP contribution in [0.4, 0.5) is 0 Å². The minimum Gasteiger partial charge on any atom is -0.381 e. The number of hydrogen-bond acceptors (Lipinski definition) is 3. The molecule has 1 atom stereocenters. The number of halogens is 1. The summed E-state index contributed by atoms with van der Waals surface area (Å²) in [5.74, 6) is 1.50. The molecule has 17 heavy (non-hydrogen) atoms. The average molecular weight is 301 g/mol. The average Bonchev–Trinajstić information content (AvgIpc) is 2.75. The summed E-state index contributed by atoms with van der Waals surface area (Å²) < 4.78 is 5.89. The molecule has 1 unspecified atom stereocenters. The Morgan fingerprint density at radius 2 is 2.35 bits per heavy atom. The Bertz CT molecular complexity index is 450. The highest BCUT2D eigenvalue weighted by molar-refractivity contribution is 9.10. The summed E-state index contributed by atoms with van der Waals surface area (Å²) in [7, 11) is 0. The Balaban J connectivity index is 2.25. The number of nitrogens with zero attached hydrogens (tertiary/aromatic N) is 1. The number of hydrogen-bond donors (Lipinski definition) is 1. The molecule has 0 aliphatic carbocycles. The molecule has 1 N–H and O–H groups in total. The van der Waals surface area contributed by atoms with Crippen LogP contribution in [-0.2, 0) is 11.2 Å². The molecule has 0 bridgehead atoms. The maximum absolute atomic E-state index is 11.8. The van der Waals surface area contributed by atoms with E-state index in [0.29, 0.717) is 10.4 Å². The van der Waals surface area contributed by atoms with Gasteiger partial charge in [-0.3, -0.25) is 4.79 Å². The Labute approximate surface area is 109 Å². The Kier molecular flexibility index (Phi) is 3.99. The summed E-state index contributed by atoms with van der Waals surface area (Å²) in [5, 5.41) is 0. The molecule has 4 nitrogen and oxygen atoms in total. The first-order valence-electron chi connectivity index (χ1n) is 5.94. The monoisotopic (exact) mass is 300 g/mol. The first-order chi connectivity index (χ1) is 8.08. The molecule has 0 saturated carbocycles. The minimum absolute atomic E-state index is 0.0855. The van der Waals surface area contributed by atoms with Crippen LogP contribution in [0.1, 0.15) is 37.7 Å². The van der Waals surface area contributed by atoms with Gasteiger partial charge in [-0.2, -0.15) is 0 Å². The van der Waals surface area contributed by atoms with Crippen LogP contribution in [0.3, 0.4) is 0 Å². The maximum atomic E-state index is 11.8. The molecule has 94 valence electrons. The van der Waals surface area contributed by atoms with Crippen molar-refractivity contribution in [2.75, 3.05) is 13.2 Å². The number of aromatic amines is 1. The standard InChI is InChI=1S/C12H17BrN2O2/c1-7(2)11-10(13)12(16)15-9(14-11)5-8-3-4-17-6-8/h7-8H,3-6H2,1-2H3,(H,14,15,16). The predicted octanol–water partition coefficient (Wildman–Crippen LogP) is 2.23. The normalized spacial score (nSPS) is 20.1. The summed E-state index contributed by atoms with van der Waals surface area (Å²) in [6, 6.07) is 0. The van der Waals surface area contributed by atoms with Crippen LogP contribution < -0.4 is 5.56 Å². The van der Waals surface area contributed by atoms with E-state index in [1.54, 1.807) is 0 Å². The number of aromatic nitrogens is 2. The largest absolute Gasteiger partial charge is 0.381 e. The summed E-state index contributed by atoms with van der Waals surface area (Å²) in [4.78, 5) is 19.1. The minimum atomic E-state index is -0.0855. The van der Waals surface area contributed by atoms with Gasteiger partial charge in [-0.1, -0.05) is 13.8 Å². The van der Waals surface area contributed by atoms with Crippen molar-refractivity contribution in [2.45, 2.75) is 32.6 Å². The van der Waals surface area contributed by atoms with Crippen LogP contribution in [0, 0.1) is 5.92 Å². The van der Waals surface area contributed by atoms with E-state index in [2.05, 4.69) is 25.9 Å². The fraction of sp³-hybridized carbons (Fsp3) is 0.667. The van der Waals surface area contributed by atoms with Crippen LogP contribution in [0.25, 0.3) is 0 Å². The molecule has 2 heterocycles. The van der Waals surface area contributed by atoms with Crippen molar-refractivity contribution >= 4 is 15.9 Å². The van der Waals surface area contributed by atoms with E-state index >= 15 is 0 Å². The van der Waals surface area contributed by atoms with E-state index in [4.69, 9.17) is 4.74 Å².